The van der Waals surface area contributed by atoms with Crippen LogP contribution in [0.1, 0.15) is 35.0 Å². The van der Waals surface area contributed by atoms with E-state index in [2.05, 4.69) is 5.32 Å². The number of amides is 2. The van der Waals surface area contributed by atoms with Crippen molar-refractivity contribution in [3.8, 4) is 11.5 Å². The molecule has 0 fully saturated rings. The molecule has 0 aliphatic carbocycles. The minimum absolute atomic E-state index is 0.183. The maximum Gasteiger partial charge on any atom is 0.268 e. The van der Waals surface area contributed by atoms with E-state index in [1.165, 1.54) is 11.2 Å². The van der Waals surface area contributed by atoms with E-state index < -0.39 is 6.10 Å². The van der Waals surface area contributed by atoms with E-state index in [0.717, 1.165) is 5.56 Å². The van der Waals surface area contributed by atoms with Gasteiger partial charge in [0.15, 0.2) is 11.9 Å². The van der Waals surface area contributed by atoms with Crippen molar-refractivity contribution in [2.24, 2.45) is 0 Å². The number of carbonyl (C=O) groups excluding carboxylic acids is 3. The average molecular weight is 448 g/mol. The predicted molar refractivity (Wildman–Crippen MR) is 122 cm³/mol. The summed E-state index contributed by atoms with van der Waals surface area (Å²) in [5.41, 5.74) is 2.13. The molecule has 8 nitrogen and oxygen atoms in total. The lowest BCUT2D eigenvalue weighted by molar-refractivity contribution is -0.128. The number of rotatable bonds is 7. The number of furan rings is 1. The van der Waals surface area contributed by atoms with Crippen LogP contribution in [0.15, 0.2) is 59.2 Å². The quantitative estimate of drug-likeness (QED) is 0.549. The van der Waals surface area contributed by atoms with Gasteiger partial charge >= 0.3 is 0 Å². The predicted octanol–water partition coefficient (Wildman–Crippen LogP) is 3.97. The Kier molecular flexibility index (Phi) is 6.17. The van der Waals surface area contributed by atoms with Gasteiger partial charge in [-0.25, -0.2) is 0 Å². The lowest BCUT2D eigenvalue weighted by Crippen LogP contribution is -2.48. The van der Waals surface area contributed by atoms with Crippen molar-refractivity contribution in [3.05, 3.63) is 71.7 Å². The van der Waals surface area contributed by atoms with Gasteiger partial charge in [-0.2, -0.15) is 0 Å². The molecule has 0 saturated heterocycles. The minimum Gasteiger partial charge on any atom is -0.497 e. The third-order valence-electron chi connectivity index (χ3n) is 5.46. The normalized spacial score (nSPS) is 14.9. The molecule has 4 rings (SSSR count). The Bertz CT molecular complexity index is 1200. The van der Waals surface area contributed by atoms with E-state index in [-0.39, 0.29) is 29.9 Å². The van der Waals surface area contributed by atoms with Gasteiger partial charge in [-0.15, -0.1) is 0 Å². The minimum atomic E-state index is -0.713. The molecule has 0 radical (unpaired) electrons. The highest BCUT2D eigenvalue weighted by Crippen LogP contribution is 2.36. The zero-order valence-corrected chi connectivity index (χ0v) is 18.6. The van der Waals surface area contributed by atoms with Crippen LogP contribution in [0.4, 0.5) is 11.4 Å². The Labute approximate surface area is 191 Å². The van der Waals surface area contributed by atoms with Crippen LogP contribution in [0.2, 0.25) is 0 Å². The Morgan fingerprint density at radius 1 is 1.15 bits per heavy atom. The van der Waals surface area contributed by atoms with Gasteiger partial charge in [0.05, 0.1) is 19.1 Å². The molecule has 1 aromatic heterocycles. The highest BCUT2D eigenvalue weighted by Gasteiger charge is 2.35. The lowest BCUT2D eigenvalue weighted by atomic mass is 10.0. The standard InChI is InChI=1S/C25H24N2O6/c1-4-20-25(30)27(14-23(28)26-18-13-17(31-3)9-7-15(18)2)19-12-16(8-10-21(19)33-20)24(29)22-6-5-11-32-22/h5-13,20H,4,14H2,1-3H3,(H,26,28)/t20-/m1/s1. The van der Waals surface area contributed by atoms with E-state index in [9.17, 15) is 14.4 Å². The van der Waals surface area contributed by atoms with Crippen molar-refractivity contribution >= 4 is 29.0 Å². The largest absolute Gasteiger partial charge is 0.497 e. The number of methoxy groups -OCH3 is 1. The first-order valence-electron chi connectivity index (χ1n) is 10.6. The second-order valence-electron chi connectivity index (χ2n) is 7.66. The molecule has 2 aromatic carbocycles. The van der Waals surface area contributed by atoms with Gasteiger partial charge in [-0.1, -0.05) is 13.0 Å². The van der Waals surface area contributed by atoms with Crippen LogP contribution in [0.3, 0.4) is 0 Å². The molecule has 0 unspecified atom stereocenters. The highest BCUT2D eigenvalue weighted by molar-refractivity contribution is 6.10. The maximum atomic E-state index is 13.1. The summed E-state index contributed by atoms with van der Waals surface area (Å²) in [4.78, 5) is 40.1. The molecular formula is C25H24N2O6. The number of ether oxygens (including phenoxy) is 2. The van der Waals surface area contributed by atoms with Gasteiger partial charge in [-0.05, 0) is 55.3 Å². The maximum absolute atomic E-state index is 13.1. The first kappa shape index (κ1) is 22.1. The van der Waals surface area contributed by atoms with Gasteiger partial charge in [-0.3, -0.25) is 19.3 Å². The van der Waals surface area contributed by atoms with Crippen molar-refractivity contribution in [3.63, 3.8) is 0 Å². The number of nitrogens with zero attached hydrogens (tertiary/aromatic N) is 1. The Hall–Kier alpha value is -4.07. The van der Waals surface area contributed by atoms with Crippen molar-refractivity contribution in [1.29, 1.82) is 0 Å². The molecule has 1 atom stereocenters. The number of fused-ring (bicyclic) bond motifs is 1. The Balaban J connectivity index is 1.63. The fourth-order valence-corrected chi connectivity index (χ4v) is 3.63. The van der Waals surface area contributed by atoms with Crippen LogP contribution < -0.4 is 19.7 Å². The molecule has 0 bridgehead atoms. The number of nitrogens with one attached hydrogen (secondary N) is 1. The molecule has 1 aliphatic heterocycles. The fraction of sp³-hybridized carbons (Fsp3) is 0.240. The lowest BCUT2D eigenvalue weighted by Gasteiger charge is -2.34. The van der Waals surface area contributed by atoms with Crippen LogP contribution in [0.25, 0.3) is 0 Å². The molecule has 8 heteroatoms. The second kappa shape index (κ2) is 9.20. The van der Waals surface area contributed by atoms with Gasteiger partial charge < -0.3 is 19.2 Å². The first-order valence-corrected chi connectivity index (χ1v) is 10.6. The van der Waals surface area contributed by atoms with E-state index >= 15 is 0 Å². The van der Waals surface area contributed by atoms with Crippen LogP contribution in [0.5, 0.6) is 11.5 Å². The Morgan fingerprint density at radius 3 is 2.67 bits per heavy atom. The van der Waals surface area contributed by atoms with E-state index in [1.807, 2.05) is 19.9 Å². The number of ketones is 1. The van der Waals surface area contributed by atoms with Gasteiger partial charge in [0.1, 0.15) is 18.0 Å². The number of hydrogen-bond acceptors (Lipinski definition) is 6. The molecule has 2 amide bonds. The third-order valence-corrected chi connectivity index (χ3v) is 5.46. The summed E-state index contributed by atoms with van der Waals surface area (Å²) >= 11 is 0. The first-order chi connectivity index (χ1) is 15.9. The molecule has 3 aromatic rings. The number of benzene rings is 2. The van der Waals surface area contributed by atoms with E-state index in [4.69, 9.17) is 13.9 Å². The van der Waals surface area contributed by atoms with Crippen LogP contribution in [-0.4, -0.2) is 37.4 Å². The molecule has 0 spiro atoms. The van der Waals surface area contributed by atoms with Crippen molar-refractivity contribution in [1.82, 2.24) is 0 Å². The monoisotopic (exact) mass is 448 g/mol. The average Bonchev–Trinajstić information content (AvgIpc) is 3.36. The molecule has 33 heavy (non-hydrogen) atoms. The molecule has 2 heterocycles. The summed E-state index contributed by atoms with van der Waals surface area (Å²) in [7, 11) is 1.55. The second-order valence-corrected chi connectivity index (χ2v) is 7.66. The summed E-state index contributed by atoms with van der Waals surface area (Å²) in [6.07, 6.45) is 1.15. The Morgan fingerprint density at radius 2 is 1.97 bits per heavy atom. The van der Waals surface area contributed by atoms with E-state index in [1.54, 1.807) is 49.6 Å². The van der Waals surface area contributed by atoms with Crippen molar-refractivity contribution in [2.45, 2.75) is 26.4 Å². The van der Waals surface area contributed by atoms with Crippen LogP contribution >= 0.6 is 0 Å². The van der Waals surface area contributed by atoms with Crippen LogP contribution in [-0.2, 0) is 9.59 Å². The SMILES string of the molecule is CC[C@H]1Oc2ccc(C(=O)c3ccco3)cc2N(CC(=O)Nc2cc(OC)ccc2C)C1=O. The zero-order chi connectivity index (χ0) is 23.5. The number of aryl methyl sites for hydroxylation is 1. The molecule has 1 aliphatic rings. The van der Waals surface area contributed by atoms with Gasteiger partial charge in [0.25, 0.3) is 5.91 Å². The third kappa shape index (κ3) is 4.45. The van der Waals surface area contributed by atoms with Crippen molar-refractivity contribution in [2.75, 3.05) is 23.9 Å². The number of anilines is 2. The molecule has 1 N–H and O–H groups in total. The topological polar surface area (TPSA) is 98.1 Å². The molecule has 170 valence electrons. The van der Waals surface area contributed by atoms with E-state index in [0.29, 0.717) is 34.9 Å². The summed E-state index contributed by atoms with van der Waals surface area (Å²) in [6.45, 7) is 3.46. The smallest absolute Gasteiger partial charge is 0.268 e. The molecule has 0 saturated carbocycles. The number of carbonyl (C=O) groups is 3. The number of hydrogen-bond donors (Lipinski definition) is 1. The van der Waals surface area contributed by atoms with Crippen LogP contribution in [0, 0.1) is 6.92 Å². The summed E-state index contributed by atoms with van der Waals surface area (Å²) in [5.74, 6) is 0.167. The molecular weight excluding hydrogens is 424 g/mol. The zero-order valence-electron chi connectivity index (χ0n) is 18.6. The van der Waals surface area contributed by atoms with Gasteiger partial charge in [0.2, 0.25) is 11.7 Å². The summed E-state index contributed by atoms with van der Waals surface area (Å²) in [6, 6.07) is 13.4. The highest BCUT2D eigenvalue weighted by atomic mass is 16.5. The van der Waals surface area contributed by atoms with Crippen molar-refractivity contribution < 1.29 is 28.3 Å². The summed E-state index contributed by atoms with van der Waals surface area (Å²) < 4.78 is 16.3. The fourth-order valence-electron chi connectivity index (χ4n) is 3.63. The summed E-state index contributed by atoms with van der Waals surface area (Å²) in [5, 5.41) is 2.84. The van der Waals surface area contributed by atoms with Gasteiger partial charge in [0, 0.05) is 17.3 Å².